The van der Waals surface area contributed by atoms with Crippen LogP contribution in [0.4, 0.5) is 5.82 Å². The molecule has 1 aromatic heterocycles. The Morgan fingerprint density at radius 3 is 2.79 bits per heavy atom. The molecule has 0 bridgehead atoms. The molecule has 0 aliphatic carbocycles. The Hall–Kier alpha value is -2.09. The molecule has 1 unspecified atom stereocenters. The molecule has 0 saturated carbocycles. The summed E-state index contributed by atoms with van der Waals surface area (Å²) in [7, 11) is 1.82. The number of hydrogen-bond donors (Lipinski definition) is 1. The van der Waals surface area contributed by atoms with Gasteiger partial charge in [-0.15, -0.1) is 0 Å². The lowest BCUT2D eigenvalue weighted by molar-refractivity contribution is 0.0696. The standard InChI is InChI=1S/C14H19N3O2/c1-4-5-12-6-11(14(18)19)7-13(16-12)17(3)9-10(2)8-15/h6-7,10H,4-5,9H2,1-3H3,(H,18,19). The van der Waals surface area contributed by atoms with E-state index >= 15 is 0 Å². The molecule has 0 fully saturated rings. The van der Waals surface area contributed by atoms with E-state index in [0.717, 1.165) is 18.5 Å². The first-order valence-electron chi connectivity index (χ1n) is 6.33. The molecule has 0 aromatic carbocycles. The topological polar surface area (TPSA) is 77.2 Å². The van der Waals surface area contributed by atoms with Crippen molar-refractivity contribution in [2.45, 2.75) is 26.7 Å². The molecule has 0 amide bonds. The van der Waals surface area contributed by atoms with Crippen LogP contribution >= 0.6 is 0 Å². The molecule has 19 heavy (non-hydrogen) atoms. The van der Waals surface area contributed by atoms with Crippen molar-refractivity contribution in [3.8, 4) is 6.07 Å². The van der Waals surface area contributed by atoms with Gasteiger partial charge in [-0.05, 0) is 25.5 Å². The zero-order chi connectivity index (χ0) is 14.4. The minimum absolute atomic E-state index is 0.130. The summed E-state index contributed by atoms with van der Waals surface area (Å²) in [5.74, 6) is -0.483. The maximum atomic E-state index is 11.1. The number of aryl methyl sites for hydroxylation is 1. The third-order valence-corrected chi connectivity index (χ3v) is 2.78. The van der Waals surface area contributed by atoms with Crippen LogP contribution in [0.5, 0.6) is 0 Å². The highest BCUT2D eigenvalue weighted by Crippen LogP contribution is 2.16. The molecule has 1 atom stereocenters. The van der Waals surface area contributed by atoms with Gasteiger partial charge in [0, 0.05) is 19.3 Å². The van der Waals surface area contributed by atoms with Crippen molar-refractivity contribution in [1.29, 1.82) is 5.26 Å². The number of nitrogens with zero attached hydrogens (tertiary/aromatic N) is 3. The van der Waals surface area contributed by atoms with Crippen molar-refractivity contribution < 1.29 is 9.90 Å². The van der Waals surface area contributed by atoms with E-state index in [4.69, 9.17) is 10.4 Å². The number of pyridine rings is 1. The molecule has 1 aromatic rings. The molecular weight excluding hydrogens is 242 g/mol. The van der Waals surface area contributed by atoms with E-state index in [-0.39, 0.29) is 11.5 Å². The summed E-state index contributed by atoms with van der Waals surface area (Å²) in [6.07, 6.45) is 1.66. The predicted octanol–water partition coefficient (Wildman–Crippen LogP) is 2.33. The Kier molecular flexibility index (Phi) is 5.31. The number of carbonyl (C=O) groups is 1. The van der Waals surface area contributed by atoms with Gasteiger partial charge in [-0.2, -0.15) is 5.26 Å². The molecule has 5 nitrogen and oxygen atoms in total. The van der Waals surface area contributed by atoms with Gasteiger partial charge in [-0.1, -0.05) is 13.3 Å². The van der Waals surface area contributed by atoms with Crippen molar-refractivity contribution in [1.82, 2.24) is 4.98 Å². The van der Waals surface area contributed by atoms with Crippen LogP contribution in [0.25, 0.3) is 0 Å². The summed E-state index contributed by atoms with van der Waals surface area (Å²) in [5.41, 5.74) is 1.01. The summed E-state index contributed by atoms with van der Waals surface area (Å²) in [6.45, 7) is 4.37. The van der Waals surface area contributed by atoms with Crippen LogP contribution in [0.2, 0.25) is 0 Å². The largest absolute Gasteiger partial charge is 0.478 e. The third kappa shape index (κ3) is 4.25. The number of hydrogen-bond acceptors (Lipinski definition) is 4. The number of anilines is 1. The fraction of sp³-hybridized carbons (Fsp3) is 0.500. The van der Waals surface area contributed by atoms with Crippen LogP contribution in [0.3, 0.4) is 0 Å². The molecule has 1 N–H and O–H groups in total. The van der Waals surface area contributed by atoms with Gasteiger partial charge < -0.3 is 10.0 Å². The number of nitriles is 1. The number of aromatic carboxylic acids is 1. The van der Waals surface area contributed by atoms with Gasteiger partial charge in [0.1, 0.15) is 5.82 Å². The summed E-state index contributed by atoms with van der Waals surface area (Å²) < 4.78 is 0. The number of carboxylic acids is 1. The fourth-order valence-corrected chi connectivity index (χ4v) is 1.82. The van der Waals surface area contributed by atoms with Crippen LogP contribution < -0.4 is 4.90 Å². The van der Waals surface area contributed by atoms with E-state index in [1.54, 1.807) is 12.1 Å². The first-order valence-corrected chi connectivity index (χ1v) is 6.33. The maximum Gasteiger partial charge on any atom is 0.335 e. The molecule has 1 heterocycles. The van der Waals surface area contributed by atoms with Gasteiger partial charge in [0.15, 0.2) is 0 Å². The van der Waals surface area contributed by atoms with Gasteiger partial charge in [0.25, 0.3) is 0 Å². The van der Waals surface area contributed by atoms with Gasteiger partial charge in [-0.25, -0.2) is 9.78 Å². The molecular formula is C14H19N3O2. The third-order valence-electron chi connectivity index (χ3n) is 2.78. The van der Waals surface area contributed by atoms with Gasteiger partial charge in [-0.3, -0.25) is 0 Å². The zero-order valence-corrected chi connectivity index (χ0v) is 11.6. The van der Waals surface area contributed by atoms with Crippen LogP contribution in [-0.2, 0) is 6.42 Å². The lowest BCUT2D eigenvalue weighted by atomic mass is 10.1. The average molecular weight is 261 g/mol. The van der Waals surface area contributed by atoms with Crippen molar-refractivity contribution >= 4 is 11.8 Å². The number of rotatable bonds is 6. The normalized spacial score (nSPS) is 11.7. The lowest BCUT2D eigenvalue weighted by Crippen LogP contribution is -2.24. The first-order chi connectivity index (χ1) is 8.97. The Labute approximate surface area is 113 Å². The van der Waals surface area contributed by atoms with Crippen LogP contribution in [0.15, 0.2) is 12.1 Å². The molecule has 0 aliphatic rings. The SMILES string of the molecule is CCCc1cc(C(=O)O)cc(N(C)CC(C)C#N)n1. The summed E-state index contributed by atoms with van der Waals surface area (Å²) in [4.78, 5) is 17.4. The summed E-state index contributed by atoms with van der Waals surface area (Å²) in [5, 5.41) is 17.9. The Bertz CT molecular complexity index is 494. The molecule has 1 rings (SSSR count). The number of carboxylic acid groups (broad SMARTS) is 1. The quantitative estimate of drug-likeness (QED) is 0.850. The Morgan fingerprint density at radius 2 is 2.26 bits per heavy atom. The second-order valence-electron chi connectivity index (χ2n) is 4.67. The smallest absolute Gasteiger partial charge is 0.335 e. The highest BCUT2D eigenvalue weighted by Gasteiger charge is 2.12. The van der Waals surface area contributed by atoms with Crippen LogP contribution in [-0.4, -0.2) is 29.7 Å². The monoisotopic (exact) mass is 261 g/mol. The summed E-state index contributed by atoms with van der Waals surface area (Å²) in [6, 6.07) is 5.31. The minimum Gasteiger partial charge on any atom is -0.478 e. The molecule has 0 aliphatic heterocycles. The van der Waals surface area contributed by atoms with Gasteiger partial charge in [0.2, 0.25) is 0 Å². The zero-order valence-electron chi connectivity index (χ0n) is 11.6. The lowest BCUT2D eigenvalue weighted by Gasteiger charge is -2.20. The minimum atomic E-state index is -0.956. The van der Waals surface area contributed by atoms with E-state index in [9.17, 15) is 4.79 Å². The van der Waals surface area contributed by atoms with E-state index < -0.39 is 5.97 Å². The molecule has 0 radical (unpaired) electrons. The van der Waals surface area contributed by atoms with E-state index in [0.29, 0.717) is 12.4 Å². The molecule has 102 valence electrons. The van der Waals surface area contributed by atoms with Crippen LogP contribution in [0, 0.1) is 17.2 Å². The van der Waals surface area contributed by atoms with Gasteiger partial charge >= 0.3 is 5.97 Å². The highest BCUT2D eigenvalue weighted by atomic mass is 16.4. The highest BCUT2D eigenvalue weighted by molar-refractivity contribution is 5.88. The van der Waals surface area contributed by atoms with E-state index in [2.05, 4.69) is 11.1 Å². The van der Waals surface area contributed by atoms with E-state index in [1.807, 2.05) is 25.8 Å². The predicted molar refractivity (Wildman–Crippen MR) is 73.2 cm³/mol. The molecule has 5 heteroatoms. The van der Waals surface area contributed by atoms with Gasteiger partial charge in [0.05, 0.1) is 17.6 Å². The number of aromatic nitrogens is 1. The second kappa shape index (κ2) is 6.74. The second-order valence-corrected chi connectivity index (χ2v) is 4.67. The molecule has 0 saturated heterocycles. The first kappa shape index (κ1) is 15.0. The average Bonchev–Trinajstić information content (AvgIpc) is 2.38. The fourth-order valence-electron chi connectivity index (χ4n) is 1.82. The Balaban J connectivity index is 3.05. The van der Waals surface area contributed by atoms with Crippen molar-refractivity contribution in [3.63, 3.8) is 0 Å². The van der Waals surface area contributed by atoms with Crippen molar-refractivity contribution in [2.75, 3.05) is 18.5 Å². The summed E-state index contributed by atoms with van der Waals surface area (Å²) >= 11 is 0. The van der Waals surface area contributed by atoms with E-state index in [1.165, 1.54) is 0 Å². The van der Waals surface area contributed by atoms with Crippen molar-refractivity contribution in [3.05, 3.63) is 23.4 Å². The van der Waals surface area contributed by atoms with Crippen LogP contribution in [0.1, 0.15) is 36.3 Å². The van der Waals surface area contributed by atoms with Crippen molar-refractivity contribution in [2.24, 2.45) is 5.92 Å². The maximum absolute atomic E-state index is 11.1. The molecule has 0 spiro atoms. The Morgan fingerprint density at radius 1 is 1.58 bits per heavy atom.